The number of rotatable bonds is 6. The second kappa shape index (κ2) is 8.34. The normalized spacial score (nSPS) is 16.2. The Hall–Kier alpha value is -2.47. The first-order chi connectivity index (χ1) is 14.1. The average Bonchev–Trinajstić information content (AvgIpc) is 3.19. The van der Waals surface area contributed by atoms with Crippen LogP contribution < -0.4 is 15.7 Å². The summed E-state index contributed by atoms with van der Waals surface area (Å²) >= 11 is 0.948. The van der Waals surface area contributed by atoms with Gasteiger partial charge < -0.3 is 10.2 Å². The zero-order chi connectivity index (χ0) is 22.2. The predicted octanol–water partition coefficient (Wildman–Crippen LogP) is 2.10. The third-order valence-corrected chi connectivity index (χ3v) is 8.32. The molecule has 0 saturated carbocycles. The van der Waals surface area contributed by atoms with Crippen LogP contribution in [0.2, 0.25) is 0 Å². The maximum atomic E-state index is 13.0. The Morgan fingerprint density at radius 3 is 2.33 bits per heavy atom. The van der Waals surface area contributed by atoms with Gasteiger partial charge in [0.25, 0.3) is 21.8 Å². The van der Waals surface area contributed by atoms with Gasteiger partial charge in [0, 0.05) is 37.5 Å². The van der Waals surface area contributed by atoms with Crippen molar-refractivity contribution in [2.24, 2.45) is 5.92 Å². The van der Waals surface area contributed by atoms with Gasteiger partial charge in [0.2, 0.25) is 0 Å². The number of carbonyl (C=O) groups excluding carboxylic acids is 2. The van der Waals surface area contributed by atoms with Crippen LogP contribution in [0.15, 0.2) is 34.5 Å². The molecular formula is C19H24N4O5S2. The van der Waals surface area contributed by atoms with Crippen molar-refractivity contribution in [1.29, 1.82) is 0 Å². The zero-order valence-corrected chi connectivity index (χ0v) is 18.7. The number of nitrogens with zero attached hydrogens (tertiary/aromatic N) is 2. The van der Waals surface area contributed by atoms with Gasteiger partial charge in [-0.25, -0.2) is 13.9 Å². The van der Waals surface area contributed by atoms with E-state index < -0.39 is 22.0 Å². The minimum absolute atomic E-state index is 0.00215. The molecule has 0 aliphatic carbocycles. The number of amides is 2. The lowest BCUT2D eigenvalue weighted by molar-refractivity contribution is -0.134. The molecule has 2 heterocycles. The highest BCUT2D eigenvalue weighted by Gasteiger charge is 2.45. The van der Waals surface area contributed by atoms with Gasteiger partial charge >= 0.3 is 0 Å². The summed E-state index contributed by atoms with van der Waals surface area (Å²) in [5, 5.41) is 12.1. The van der Waals surface area contributed by atoms with Crippen LogP contribution in [0.5, 0.6) is 0 Å². The van der Waals surface area contributed by atoms with E-state index in [-0.39, 0.29) is 22.6 Å². The van der Waals surface area contributed by atoms with Gasteiger partial charge in [-0.3, -0.25) is 14.8 Å². The average molecular weight is 453 g/mol. The molecule has 1 aliphatic heterocycles. The van der Waals surface area contributed by atoms with E-state index in [0.717, 1.165) is 21.3 Å². The number of nitrogens with one attached hydrogen (secondary N) is 2. The number of hydrogen-bond acceptors (Lipinski definition) is 7. The largest absolute Gasteiger partial charge is 0.378 e. The molecule has 3 N–H and O–H groups in total. The predicted molar refractivity (Wildman–Crippen MR) is 114 cm³/mol. The molecule has 0 unspecified atom stereocenters. The van der Waals surface area contributed by atoms with E-state index in [2.05, 4.69) is 5.32 Å². The summed E-state index contributed by atoms with van der Waals surface area (Å²) in [5.74, 6) is -1.46. The van der Waals surface area contributed by atoms with Crippen LogP contribution in [0.1, 0.15) is 29.8 Å². The first-order valence-corrected chi connectivity index (χ1v) is 11.5. The van der Waals surface area contributed by atoms with Crippen LogP contribution in [0.3, 0.4) is 0 Å². The fourth-order valence-electron chi connectivity index (χ4n) is 3.34. The Labute approximate surface area is 179 Å². The molecular weight excluding hydrogens is 428 g/mol. The lowest BCUT2D eigenvalue weighted by Crippen LogP contribution is -2.49. The van der Waals surface area contributed by atoms with Crippen LogP contribution in [-0.4, -0.2) is 49.9 Å². The first kappa shape index (κ1) is 22.2. The highest BCUT2D eigenvalue weighted by Crippen LogP contribution is 2.41. The quantitative estimate of drug-likeness (QED) is 0.456. The van der Waals surface area contributed by atoms with Gasteiger partial charge in [-0.1, -0.05) is 13.8 Å². The number of carbonyl (C=O) groups is 2. The van der Waals surface area contributed by atoms with Gasteiger partial charge in [-0.05, 0) is 36.2 Å². The van der Waals surface area contributed by atoms with E-state index in [1.807, 2.05) is 31.1 Å². The van der Waals surface area contributed by atoms with Gasteiger partial charge in [0.05, 0.1) is 5.00 Å². The standard InChI is InChI=1S/C19H24N4O5S2/c1-11(2)16(18(25)21-26)23-10-13-9-15(29-19(13)30(23,27)28)20-17(24)12-5-7-14(8-6-12)22(3)4/h5-9,11,16,26H,10H2,1-4H3,(H,20,24)(H,21,25)/t16-/m1/s1. The number of hydroxylamine groups is 1. The summed E-state index contributed by atoms with van der Waals surface area (Å²) in [6.07, 6.45) is 0. The van der Waals surface area contributed by atoms with Crippen molar-refractivity contribution in [1.82, 2.24) is 9.79 Å². The van der Waals surface area contributed by atoms with E-state index in [0.29, 0.717) is 16.1 Å². The molecule has 1 aromatic carbocycles. The van der Waals surface area contributed by atoms with Crippen LogP contribution in [0.25, 0.3) is 0 Å². The van der Waals surface area contributed by atoms with Crippen molar-refractivity contribution in [3.8, 4) is 0 Å². The van der Waals surface area contributed by atoms with E-state index in [1.54, 1.807) is 37.5 Å². The number of fused-ring (bicyclic) bond motifs is 1. The van der Waals surface area contributed by atoms with Crippen molar-refractivity contribution in [2.45, 2.75) is 30.6 Å². The highest BCUT2D eigenvalue weighted by molar-refractivity contribution is 7.91. The van der Waals surface area contributed by atoms with Crippen LogP contribution in [0.4, 0.5) is 10.7 Å². The Kier molecular flexibility index (Phi) is 6.18. The number of hydrogen-bond donors (Lipinski definition) is 3. The second-order valence-corrected chi connectivity index (χ2v) is 10.7. The van der Waals surface area contributed by atoms with Crippen LogP contribution in [-0.2, 0) is 21.4 Å². The number of anilines is 2. The zero-order valence-electron chi connectivity index (χ0n) is 17.0. The number of thiophene rings is 1. The maximum Gasteiger partial charge on any atom is 0.262 e. The van der Waals surface area contributed by atoms with Crippen molar-refractivity contribution in [3.05, 3.63) is 41.5 Å². The van der Waals surface area contributed by atoms with Crippen molar-refractivity contribution < 1.29 is 23.2 Å². The van der Waals surface area contributed by atoms with Crippen molar-refractivity contribution in [2.75, 3.05) is 24.3 Å². The SMILES string of the molecule is CC(C)[C@H](C(=O)NO)N1Cc2cc(NC(=O)c3ccc(N(C)C)cc3)sc2S1(=O)=O. The van der Waals surface area contributed by atoms with E-state index in [1.165, 1.54) is 0 Å². The second-order valence-electron chi connectivity index (χ2n) is 7.53. The molecule has 30 heavy (non-hydrogen) atoms. The van der Waals surface area contributed by atoms with Gasteiger partial charge in [0.1, 0.15) is 10.3 Å². The third-order valence-electron chi connectivity index (χ3n) is 4.84. The van der Waals surface area contributed by atoms with Crippen molar-refractivity contribution >= 4 is 43.9 Å². The fourth-order valence-corrected chi connectivity index (χ4v) is 6.73. The molecule has 0 spiro atoms. The minimum atomic E-state index is -3.92. The summed E-state index contributed by atoms with van der Waals surface area (Å²) in [7, 11) is -0.112. The Balaban J connectivity index is 1.80. The summed E-state index contributed by atoms with van der Waals surface area (Å²) in [4.78, 5) is 26.4. The number of benzene rings is 1. The maximum absolute atomic E-state index is 13.0. The molecule has 9 nitrogen and oxygen atoms in total. The molecule has 2 aromatic rings. The van der Waals surface area contributed by atoms with Crippen LogP contribution in [0, 0.1) is 5.92 Å². The lowest BCUT2D eigenvalue weighted by Gasteiger charge is -2.27. The Morgan fingerprint density at radius 1 is 1.20 bits per heavy atom. The molecule has 162 valence electrons. The van der Waals surface area contributed by atoms with Gasteiger partial charge in [-0.15, -0.1) is 11.3 Å². The molecule has 11 heteroatoms. The summed E-state index contributed by atoms with van der Waals surface area (Å²) < 4.78 is 27.1. The summed E-state index contributed by atoms with van der Waals surface area (Å²) in [6, 6.07) is 7.62. The molecule has 1 aromatic heterocycles. The van der Waals surface area contributed by atoms with E-state index in [9.17, 15) is 18.0 Å². The van der Waals surface area contributed by atoms with Crippen LogP contribution >= 0.6 is 11.3 Å². The smallest absolute Gasteiger partial charge is 0.262 e. The van der Waals surface area contributed by atoms with E-state index >= 15 is 0 Å². The molecule has 1 atom stereocenters. The Bertz CT molecular complexity index is 1060. The molecule has 0 bridgehead atoms. The van der Waals surface area contributed by atoms with Gasteiger partial charge in [-0.2, -0.15) is 4.31 Å². The molecule has 2 amide bonds. The minimum Gasteiger partial charge on any atom is -0.378 e. The molecule has 0 radical (unpaired) electrons. The molecule has 3 rings (SSSR count). The summed E-state index contributed by atoms with van der Waals surface area (Å²) in [5.41, 5.74) is 3.47. The molecule has 1 aliphatic rings. The first-order valence-electron chi connectivity index (χ1n) is 9.23. The number of sulfonamides is 1. The fraction of sp³-hybridized carbons (Fsp3) is 0.368. The lowest BCUT2D eigenvalue weighted by atomic mass is 10.0. The summed E-state index contributed by atoms with van der Waals surface area (Å²) in [6.45, 7) is 3.40. The monoisotopic (exact) mass is 452 g/mol. The van der Waals surface area contributed by atoms with Crippen molar-refractivity contribution in [3.63, 3.8) is 0 Å². The Morgan fingerprint density at radius 2 is 1.83 bits per heavy atom. The molecule has 0 saturated heterocycles. The topological polar surface area (TPSA) is 119 Å². The highest BCUT2D eigenvalue weighted by atomic mass is 32.2. The van der Waals surface area contributed by atoms with Gasteiger partial charge in [0.15, 0.2) is 0 Å². The molecule has 0 fully saturated rings. The van der Waals surface area contributed by atoms with E-state index in [4.69, 9.17) is 5.21 Å². The third kappa shape index (κ3) is 4.06.